The Labute approximate surface area is 186 Å². The number of hydrogen-bond donors (Lipinski definition) is 2. The maximum atomic E-state index is 11.0. The van der Waals surface area contributed by atoms with Gasteiger partial charge in [-0.05, 0) is 44.4 Å². The van der Waals surface area contributed by atoms with E-state index in [1.54, 1.807) is 24.5 Å². The van der Waals surface area contributed by atoms with Gasteiger partial charge in [0.25, 0.3) is 5.91 Å². The predicted octanol–water partition coefficient (Wildman–Crippen LogP) is 2.87. The lowest BCUT2D eigenvalue weighted by molar-refractivity contribution is -0.139. The molecule has 8 heteroatoms. The van der Waals surface area contributed by atoms with Gasteiger partial charge in [0, 0.05) is 40.5 Å². The number of amides is 1. The highest BCUT2D eigenvalue weighted by Crippen LogP contribution is 2.49. The second-order valence-corrected chi connectivity index (χ2v) is 9.72. The molecule has 1 fully saturated rings. The first-order valence-corrected chi connectivity index (χ1v) is 11.4. The molecule has 1 amide bonds. The summed E-state index contributed by atoms with van der Waals surface area (Å²) in [5.74, 6) is 0.767. The third kappa shape index (κ3) is 4.43. The number of aryl methyl sites for hydroxylation is 1. The first kappa shape index (κ1) is 22.1. The van der Waals surface area contributed by atoms with Crippen molar-refractivity contribution in [3.8, 4) is 11.5 Å². The molecule has 1 spiro atoms. The summed E-state index contributed by atoms with van der Waals surface area (Å²) in [4.78, 5) is 15.8. The average Bonchev–Trinajstić information content (AvgIpc) is 3.15. The molecular weight excluding hydrogens is 416 g/mol. The number of carbonyl (C=O) groups is 1. The number of thiophene rings is 1. The van der Waals surface area contributed by atoms with Gasteiger partial charge in [-0.2, -0.15) is 0 Å². The highest BCUT2D eigenvalue weighted by molar-refractivity contribution is 7.12. The van der Waals surface area contributed by atoms with Crippen molar-refractivity contribution in [3.05, 3.63) is 45.1 Å². The number of fused-ring (bicyclic) bond motifs is 2. The van der Waals surface area contributed by atoms with E-state index < -0.39 is 12.0 Å². The number of nitrogens with zero attached hydrogens (tertiary/aromatic N) is 1. The minimum atomic E-state index is -0.529. The number of aliphatic hydroxyl groups excluding tert-OH is 1. The largest absolute Gasteiger partial charge is 0.496 e. The topological polar surface area (TPSA) is 94.3 Å². The Morgan fingerprint density at radius 3 is 2.94 bits per heavy atom. The molecule has 0 aliphatic carbocycles. The van der Waals surface area contributed by atoms with E-state index in [2.05, 4.69) is 24.8 Å². The molecule has 4 rings (SSSR count). The van der Waals surface area contributed by atoms with E-state index in [0.29, 0.717) is 18.4 Å². The van der Waals surface area contributed by atoms with E-state index in [0.717, 1.165) is 42.8 Å². The number of likely N-dealkylation sites (tertiary alicyclic amines) is 1. The molecular formula is C23H30N2O5S. The monoisotopic (exact) mass is 446 g/mol. The zero-order valence-corrected chi connectivity index (χ0v) is 19.0. The first-order valence-electron chi connectivity index (χ1n) is 10.6. The van der Waals surface area contributed by atoms with Crippen LogP contribution >= 0.6 is 11.3 Å². The van der Waals surface area contributed by atoms with Crippen LogP contribution in [-0.2, 0) is 21.7 Å². The van der Waals surface area contributed by atoms with Crippen molar-refractivity contribution < 1.29 is 24.1 Å². The minimum absolute atomic E-state index is 0.160. The van der Waals surface area contributed by atoms with Gasteiger partial charge in [0.2, 0.25) is 0 Å². The smallest absolute Gasteiger partial charge is 0.255 e. The van der Waals surface area contributed by atoms with Gasteiger partial charge >= 0.3 is 0 Å². The van der Waals surface area contributed by atoms with Gasteiger partial charge in [-0.1, -0.05) is 6.07 Å². The van der Waals surface area contributed by atoms with Gasteiger partial charge < -0.3 is 25.1 Å². The lowest BCUT2D eigenvalue weighted by Crippen LogP contribution is -2.50. The lowest BCUT2D eigenvalue weighted by Gasteiger charge is -2.47. The molecule has 1 aromatic heterocycles. The van der Waals surface area contributed by atoms with E-state index in [1.807, 2.05) is 12.1 Å². The van der Waals surface area contributed by atoms with E-state index >= 15 is 0 Å². The molecule has 3 N–H and O–H groups in total. The summed E-state index contributed by atoms with van der Waals surface area (Å²) in [7, 11) is 1.63. The molecule has 2 aromatic rings. The van der Waals surface area contributed by atoms with E-state index in [-0.39, 0.29) is 12.2 Å². The molecule has 2 unspecified atom stereocenters. The molecule has 1 saturated heterocycles. The van der Waals surface area contributed by atoms with Crippen LogP contribution in [0.3, 0.4) is 0 Å². The van der Waals surface area contributed by atoms with Crippen LogP contribution in [0, 0.1) is 6.92 Å². The van der Waals surface area contributed by atoms with Crippen molar-refractivity contribution in [1.29, 1.82) is 0 Å². The second kappa shape index (κ2) is 8.78. The van der Waals surface area contributed by atoms with Crippen molar-refractivity contribution in [2.24, 2.45) is 5.73 Å². The Bertz CT molecular complexity index is 961. The Balaban J connectivity index is 1.48. The quantitative estimate of drug-likeness (QED) is 0.709. The van der Waals surface area contributed by atoms with Crippen molar-refractivity contribution in [2.45, 2.75) is 51.0 Å². The normalized spacial score (nSPS) is 25.9. The van der Waals surface area contributed by atoms with Crippen LogP contribution in [0.4, 0.5) is 0 Å². The average molecular weight is 447 g/mol. The SMILES string of the molecule is COc1cc(OCC(N)=O)ccc1CN1CCC2(C[C@@H]1C)OCC(O)c1cc(C)sc12. The number of piperidine rings is 1. The molecule has 1 aromatic carbocycles. The van der Waals surface area contributed by atoms with Crippen molar-refractivity contribution in [2.75, 3.05) is 26.9 Å². The summed E-state index contributed by atoms with van der Waals surface area (Å²) in [6.45, 7) is 6.15. The van der Waals surface area contributed by atoms with Crippen LogP contribution in [-0.4, -0.2) is 48.8 Å². The molecule has 7 nitrogen and oxygen atoms in total. The number of nitrogens with two attached hydrogens (primary N) is 1. The number of methoxy groups -OCH3 is 1. The van der Waals surface area contributed by atoms with Gasteiger partial charge in [-0.3, -0.25) is 9.69 Å². The molecule has 0 radical (unpaired) electrons. The summed E-state index contributed by atoms with van der Waals surface area (Å²) in [6, 6.07) is 8.01. The van der Waals surface area contributed by atoms with Gasteiger partial charge in [0.15, 0.2) is 6.61 Å². The van der Waals surface area contributed by atoms with Gasteiger partial charge in [-0.15, -0.1) is 11.3 Å². The number of ether oxygens (including phenoxy) is 3. The summed E-state index contributed by atoms with van der Waals surface area (Å²) in [6.07, 6.45) is 1.24. The van der Waals surface area contributed by atoms with Crippen molar-refractivity contribution in [3.63, 3.8) is 0 Å². The standard InChI is InChI=1S/C23H30N2O5S/c1-14-10-23(22-18(8-15(2)31-22)19(26)12-30-23)6-7-25(14)11-16-4-5-17(9-20(16)28-3)29-13-21(24)27/h4-5,8-9,14,19,26H,6-7,10-13H2,1-3H3,(H2,24,27)/t14-,19?,23?/m0/s1. The number of aliphatic hydroxyl groups is 1. The van der Waals surface area contributed by atoms with Crippen LogP contribution < -0.4 is 15.2 Å². The molecule has 2 aliphatic heterocycles. The van der Waals surface area contributed by atoms with Crippen LogP contribution in [0.25, 0.3) is 0 Å². The van der Waals surface area contributed by atoms with Gasteiger partial charge in [0.1, 0.15) is 23.2 Å². The predicted molar refractivity (Wildman–Crippen MR) is 118 cm³/mol. The van der Waals surface area contributed by atoms with Gasteiger partial charge in [-0.25, -0.2) is 0 Å². The Morgan fingerprint density at radius 2 is 2.23 bits per heavy atom. The van der Waals surface area contributed by atoms with E-state index in [1.165, 1.54) is 9.75 Å². The zero-order valence-electron chi connectivity index (χ0n) is 18.2. The van der Waals surface area contributed by atoms with E-state index in [4.69, 9.17) is 19.9 Å². The fourth-order valence-electron chi connectivity index (χ4n) is 4.67. The Morgan fingerprint density at radius 1 is 1.42 bits per heavy atom. The van der Waals surface area contributed by atoms with Crippen LogP contribution in [0.5, 0.6) is 11.5 Å². The summed E-state index contributed by atoms with van der Waals surface area (Å²) in [5, 5.41) is 10.4. The number of primary amides is 1. The van der Waals surface area contributed by atoms with Crippen LogP contribution in [0.2, 0.25) is 0 Å². The molecule has 0 bridgehead atoms. The molecule has 3 atom stereocenters. The van der Waals surface area contributed by atoms with Crippen LogP contribution in [0.1, 0.15) is 46.8 Å². The number of benzene rings is 1. The van der Waals surface area contributed by atoms with E-state index in [9.17, 15) is 9.90 Å². The number of hydrogen-bond acceptors (Lipinski definition) is 7. The molecule has 3 heterocycles. The van der Waals surface area contributed by atoms with Crippen molar-refractivity contribution in [1.82, 2.24) is 4.90 Å². The maximum absolute atomic E-state index is 11.0. The summed E-state index contributed by atoms with van der Waals surface area (Å²) >= 11 is 1.75. The summed E-state index contributed by atoms with van der Waals surface area (Å²) < 4.78 is 17.2. The van der Waals surface area contributed by atoms with Crippen LogP contribution in [0.15, 0.2) is 24.3 Å². The molecule has 2 aliphatic rings. The Kier molecular flexibility index (Phi) is 6.25. The molecule has 31 heavy (non-hydrogen) atoms. The fourth-order valence-corrected chi connectivity index (χ4v) is 5.93. The highest BCUT2D eigenvalue weighted by Gasteiger charge is 2.46. The fraction of sp³-hybridized carbons (Fsp3) is 0.522. The molecule has 168 valence electrons. The third-order valence-electron chi connectivity index (χ3n) is 6.24. The number of carbonyl (C=O) groups excluding carboxylic acids is 1. The minimum Gasteiger partial charge on any atom is -0.496 e. The number of rotatable bonds is 6. The third-order valence-corrected chi connectivity index (χ3v) is 7.49. The first-order chi connectivity index (χ1) is 14.8. The second-order valence-electron chi connectivity index (χ2n) is 8.46. The lowest BCUT2D eigenvalue weighted by atomic mass is 9.81. The zero-order chi connectivity index (χ0) is 22.2. The maximum Gasteiger partial charge on any atom is 0.255 e. The highest BCUT2D eigenvalue weighted by atomic mass is 32.1. The Hall–Kier alpha value is -2.13. The van der Waals surface area contributed by atoms with Crippen molar-refractivity contribution >= 4 is 17.2 Å². The summed E-state index contributed by atoms with van der Waals surface area (Å²) in [5.41, 5.74) is 6.95. The van der Waals surface area contributed by atoms with Gasteiger partial charge in [0.05, 0.1) is 13.7 Å². The molecule has 0 saturated carbocycles.